The third-order valence-electron chi connectivity index (χ3n) is 6.62. The third-order valence-corrected chi connectivity index (χ3v) is 6.62. The number of carbonyl (C=O) groups excluding carboxylic acids is 3. The Bertz CT molecular complexity index is 1560. The number of amides is 1. The fourth-order valence-corrected chi connectivity index (χ4v) is 5.54. The van der Waals surface area contributed by atoms with Crippen molar-refractivity contribution in [1.82, 2.24) is 0 Å². The predicted octanol–water partition coefficient (Wildman–Crippen LogP) is 7.67. The molecule has 0 aliphatic carbocycles. The molecule has 1 aliphatic rings. The van der Waals surface area contributed by atoms with E-state index in [1.165, 1.54) is 4.90 Å². The molecule has 3 aromatic carbocycles. The number of fused-ring (bicyclic) bond motifs is 1. The Balaban J connectivity index is 1.81. The van der Waals surface area contributed by atoms with Crippen molar-refractivity contribution in [3.05, 3.63) is 102 Å². The highest BCUT2D eigenvalue weighted by molar-refractivity contribution is 6.54. The van der Waals surface area contributed by atoms with E-state index in [9.17, 15) is 14.4 Å². The molecule has 1 aliphatic heterocycles. The zero-order chi connectivity index (χ0) is 27.9. The standard InChI is InChI=1S/C33H32N2O4/c1-32(2,3)20-33(4,5)34-30-25(27(36)21-14-8-6-9-15-21)26(29(39-30)22-16-10-7-11-17-22)35-24-19-13-12-18-23(24)28(37)31(35)38/h6-19,34H,20H2,1-5H3. The number of hydrogen-bond acceptors (Lipinski definition) is 5. The largest absolute Gasteiger partial charge is 0.438 e. The second-order valence-corrected chi connectivity index (χ2v) is 11.8. The first-order chi connectivity index (χ1) is 18.5. The number of carbonyl (C=O) groups is 3. The number of hydrogen-bond donors (Lipinski definition) is 1. The van der Waals surface area contributed by atoms with Crippen molar-refractivity contribution < 1.29 is 18.8 Å². The highest BCUT2D eigenvalue weighted by Crippen LogP contribution is 2.48. The van der Waals surface area contributed by atoms with Crippen molar-refractivity contribution in [3.8, 4) is 11.3 Å². The SMILES string of the molecule is CC(C)(C)CC(C)(C)Nc1oc(-c2ccccc2)c(N2C(=O)C(=O)c3ccccc32)c1C(=O)c1ccccc1. The monoisotopic (exact) mass is 520 g/mol. The Morgan fingerprint density at radius 3 is 2.05 bits per heavy atom. The van der Waals surface area contributed by atoms with E-state index in [2.05, 4.69) is 39.9 Å². The molecule has 2 heterocycles. The van der Waals surface area contributed by atoms with Gasteiger partial charge in [0, 0.05) is 16.7 Å². The summed E-state index contributed by atoms with van der Waals surface area (Å²) in [4.78, 5) is 42.2. The summed E-state index contributed by atoms with van der Waals surface area (Å²) < 4.78 is 6.50. The number of furan rings is 1. The average Bonchev–Trinajstić information content (AvgIpc) is 3.37. The van der Waals surface area contributed by atoms with Crippen LogP contribution in [-0.2, 0) is 4.79 Å². The van der Waals surface area contributed by atoms with Crippen LogP contribution >= 0.6 is 0 Å². The topological polar surface area (TPSA) is 79.6 Å². The summed E-state index contributed by atoms with van der Waals surface area (Å²) in [6, 6.07) is 25.0. The maximum atomic E-state index is 14.2. The molecule has 0 fully saturated rings. The van der Waals surface area contributed by atoms with Crippen molar-refractivity contribution in [3.63, 3.8) is 0 Å². The lowest BCUT2D eigenvalue weighted by Crippen LogP contribution is -2.36. The van der Waals surface area contributed by atoms with Gasteiger partial charge in [0.2, 0.25) is 11.7 Å². The number of Topliss-reactive ketones (excluding diaryl/α,β-unsaturated/α-hetero) is 1. The fraction of sp³-hybridized carbons (Fsp3) is 0.242. The van der Waals surface area contributed by atoms with Crippen LogP contribution in [0.1, 0.15) is 67.3 Å². The fourth-order valence-electron chi connectivity index (χ4n) is 5.54. The van der Waals surface area contributed by atoms with Gasteiger partial charge in [0.15, 0.2) is 5.76 Å². The molecule has 0 radical (unpaired) electrons. The number of para-hydroxylation sites is 1. The average molecular weight is 521 g/mol. The van der Waals surface area contributed by atoms with Crippen LogP contribution in [0.5, 0.6) is 0 Å². The zero-order valence-corrected chi connectivity index (χ0v) is 22.9. The summed E-state index contributed by atoms with van der Waals surface area (Å²) >= 11 is 0. The third kappa shape index (κ3) is 5.02. The van der Waals surface area contributed by atoms with Gasteiger partial charge in [-0.1, -0.05) is 93.6 Å². The highest BCUT2D eigenvalue weighted by atomic mass is 16.4. The molecule has 0 unspecified atom stereocenters. The van der Waals surface area contributed by atoms with E-state index in [1.807, 2.05) is 36.4 Å². The molecular weight excluding hydrogens is 488 g/mol. The molecule has 5 rings (SSSR count). The Morgan fingerprint density at radius 2 is 1.41 bits per heavy atom. The van der Waals surface area contributed by atoms with Gasteiger partial charge in [-0.3, -0.25) is 19.3 Å². The number of anilines is 3. The number of benzene rings is 3. The molecule has 1 N–H and O–H groups in total. The molecule has 4 aromatic rings. The maximum absolute atomic E-state index is 14.2. The van der Waals surface area contributed by atoms with E-state index in [0.29, 0.717) is 28.1 Å². The van der Waals surface area contributed by atoms with Crippen molar-refractivity contribution in [2.45, 2.75) is 46.6 Å². The van der Waals surface area contributed by atoms with Gasteiger partial charge < -0.3 is 9.73 Å². The van der Waals surface area contributed by atoms with Gasteiger partial charge in [0.25, 0.3) is 5.78 Å². The summed E-state index contributed by atoms with van der Waals surface area (Å²) in [6.45, 7) is 10.6. The van der Waals surface area contributed by atoms with Gasteiger partial charge >= 0.3 is 5.91 Å². The highest BCUT2D eigenvalue weighted by Gasteiger charge is 2.43. The smallest absolute Gasteiger partial charge is 0.304 e. The van der Waals surface area contributed by atoms with Crippen molar-refractivity contribution in [2.75, 3.05) is 10.2 Å². The van der Waals surface area contributed by atoms with Gasteiger partial charge in [0.05, 0.1) is 11.3 Å². The lowest BCUT2D eigenvalue weighted by atomic mass is 9.82. The summed E-state index contributed by atoms with van der Waals surface area (Å²) in [6.07, 6.45) is 0.777. The van der Waals surface area contributed by atoms with Crippen LogP contribution < -0.4 is 10.2 Å². The van der Waals surface area contributed by atoms with Crippen LogP contribution in [0, 0.1) is 5.41 Å². The minimum absolute atomic E-state index is 0.00589. The first-order valence-corrected chi connectivity index (χ1v) is 13.0. The quantitative estimate of drug-likeness (QED) is 0.200. The first-order valence-electron chi connectivity index (χ1n) is 13.0. The van der Waals surface area contributed by atoms with Crippen LogP contribution in [0.15, 0.2) is 89.3 Å². The Hall–Kier alpha value is -4.45. The normalized spacial score (nSPS) is 13.5. The maximum Gasteiger partial charge on any atom is 0.304 e. The Labute approximate surface area is 228 Å². The van der Waals surface area contributed by atoms with Crippen LogP contribution in [0.2, 0.25) is 0 Å². The van der Waals surface area contributed by atoms with Crippen molar-refractivity contribution >= 4 is 34.7 Å². The van der Waals surface area contributed by atoms with Crippen LogP contribution in [0.25, 0.3) is 11.3 Å². The summed E-state index contributed by atoms with van der Waals surface area (Å²) in [5.41, 5.74) is 1.84. The van der Waals surface area contributed by atoms with Gasteiger partial charge in [0.1, 0.15) is 11.3 Å². The molecule has 198 valence electrons. The minimum atomic E-state index is -0.725. The Morgan fingerprint density at radius 1 is 0.821 bits per heavy atom. The molecular formula is C33H32N2O4. The molecule has 0 saturated heterocycles. The molecule has 39 heavy (non-hydrogen) atoms. The zero-order valence-electron chi connectivity index (χ0n) is 22.9. The molecule has 1 amide bonds. The first kappa shape index (κ1) is 26.2. The van der Waals surface area contributed by atoms with E-state index in [4.69, 9.17) is 4.42 Å². The predicted molar refractivity (Wildman–Crippen MR) is 154 cm³/mol. The van der Waals surface area contributed by atoms with E-state index in [-0.39, 0.29) is 28.3 Å². The minimum Gasteiger partial charge on any atom is -0.438 e. The number of nitrogens with one attached hydrogen (secondary N) is 1. The van der Waals surface area contributed by atoms with Gasteiger partial charge in [-0.25, -0.2) is 0 Å². The summed E-state index contributed by atoms with van der Waals surface area (Å²) in [5.74, 6) is -1.06. The van der Waals surface area contributed by atoms with Gasteiger partial charge in [-0.15, -0.1) is 0 Å². The molecule has 0 saturated carbocycles. The molecule has 0 atom stereocenters. The number of nitrogens with zero attached hydrogens (tertiary/aromatic N) is 1. The lowest BCUT2D eigenvalue weighted by molar-refractivity contribution is -0.113. The molecule has 1 aromatic heterocycles. The molecule has 6 nitrogen and oxygen atoms in total. The van der Waals surface area contributed by atoms with E-state index < -0.39 is 17.2 Å². The Kier molecular flexibility index (Phi) is 6.51. The lowest BCUT2D eigenvalue weighted by Gasteiger charge is -2.33. The van der Waals surface area contributed by atoms with Gasteiger partial charge in [-0.2, -0.15) is 0 Å². The molecule has 0 bridgehead atoms. The number of rotatable bonds is 7. The van der Waals surface area contributed by atoms with Gasteiger partial charge in [-0.05, 0) is 37.8 Å². The molecule has 6 heteroatoms. The second kappa shape index (κ2) is 9.70. The summed E-state index contributed by atoms with van der Waals surface area (Å²) in [5, 5.41) is 3.49. The second-order valence-electron chi connectivity index (χ2n) is 11.8. The van der Waals surface area contributed by atoms with Crippen molar-refractivity contribution in [2.24, 2.45) is 5.41 Å². The van der Waals surface area contributed by atoms with E-state index in [0.717, 1.165) is 6.42 Å². The molecule has 0 spiro atoms. The van der Waals surface area contributed by atoms with Crippen molar-refractivity contribution in [1.29, 1.82) is 0 Å². The van der Waals surface area contributed by atoms with Crippen LogP contribution in [0.4, 0.5) is 17.3 Å². The van der Waals surface area contributed by atoms with E-state index in [1.54, 1.807) is 48.5 Å². The number of ketones is 2. The van der Waals surface area contributed by atoms with Crippen LogP contribution in [0.3, 0.4) is 0 Å². The van der Waals surface area contributed by atoms with E-state index >= 15 is 0 Å². The van der Waals surface area contributed by atoms with Crippen LogP contribution in [-0.4, -0.2) is 23.0 Å². The summed E-state index contributed by atoms with van der Waals surface area (Å²) in [7, 11) is 0.